The Morgan fingerprint density at radius 3 is 1.61 bits per heavy atom. The molecule has 1 aliphatic rings. The van der Waals surface area contributed by atoms with Crippen LogP contribution in [0.25, 0.3) is 66.8 Å². The van der Waals surface area contributed by atoms with Gasteiger partial charge >= 0.3 is 0 Å². The molecule has 0 aliphatic heterocycles. The summed E-state index contributed by atoms with van der Waals surface area (Å²) in [7, 11) is 0. The monoisotopic (exact) mass is 649 g/mol. The first kappa shape index (κ1) is 29.2. The van der Waals surface area contributed by atoms with Crippen molar-refractivity contribution >= 4 is 21.5 Å². The van der Waals surface area contributed by atoms with E-state index in [9.17, 15) is 0 Å². The SMILES string of the molecule is c1ccc(-c2nc(-c3ccc4ccccc4c3)nc(-c3c4c(cc5ccccc35)C(c3ccccc3)(c3ccccc3)c3ccccc3-4)n2)cc1. The van der Waals surface area contributed by atoms with Crippen LogP contribution >= 0.6 is 0 Å². The molecule has 3 nitrogen and oxygen atoms in total. The summed E-state index contributed by atoms with van der Waals surface area (Å²) in [6.45, 7) is 0. The highest BCUT2D eigenvalue weighted by Gasteiger charge is 2.47. The van der Waals surface area contributed by atoms with E-state index in [1.165, 1.54) is 33.2 Å². The number of hydrogen-bond donors (Lipinski definition) is 0. The van der Waals surface area contributed by atoms with E-state index in [0.29, 0.717) is 17.5 Å². The van der Waals surface area contributed by atoms with Gasteiger partial charge in [0.2, 0.25) is 0 Å². The fourth-order valence-electron chi connectivity index (χ4n) is 8.16. The molecule has 51 heavy (non-hydrogen) atoms. The van der Waals surface area contributed by atoms with Gasteiger partial charge in [0.15, 0.2) is 17.5 Å². The summed E-state index contributed by atoms with van der Waals surface area (Å²) in [5.74, 6) is 1.95. The molecule has 0 amide bonds. The van der Waals surface area contributed by atoms with Crippen molar-refractivity contribution < 1.29 is 0 Å². The van der Waals surface area contributed by atoms with Gasteiger partial charge < -0.3 is 0 Å². The number of fused-ring (bicyclic) bond motifs is 5. The predicted octanol–water partition coefficient (Wildman–Crippen LogP) is 11.5. The molecule has 0 unspecified atom stereocenters. The van der Waals surface area contributed by atoms with Crippen molar-refractivity contribution in [1.29, 1.82) is 0 Å². The highest BCUT2D eigenvalue weighted by atomic mass is 15.0. The van der Waals surface area contributed by atoms with E-state index in [-0.39, 0.29) is 0 Å². The van der Waals surface area contributed by atoms with Crippen LogP contribution in [0, 0.1) is 0 Å². The second-order valence-electron chi connectivity index (χ2n) is 13.2. The van der Waals surface area contributed by atoms with Crippen molar-refractivity contribution in [2.75, 3.05) is 0 Å². The Bertz CT molecular complexity index is 2700. The summed E-state index contributed by atoms with van der Waals surface area (Å²) in [6.07, 6.45) is 0. The molecule has 0 bridgehead atoms. The van der Waals surface area contributed by atoms with Crippen molar-refractivity contribution in [2.24, 2.45) is 0 Å². The Balaban J connectivity index is 1.35. The van der Waals surface area contributed by atoms with Crippen molar-refractivity contribution in [1.82, 2.24) is 15.0 Å². The Kier molecular flexibility index (Phi) is 6.71. The van der Waals surface area contributed by atoms with Gasteiger partial charge in [-0.15, -0.1) is 0 Å². The number of rotatable bonds is 5. The van der Waals surface area contributed by atoms with Crippen LogP contribution < -0.4 is 0 Å². The fourth-order valence-corrected chi connectivity index (χ4v) is 8.16. The van der Waals surface area contributed by atoms with Crippen LogP contribution in [0.1, 0.15) is 22.3 Å². The van der Waals surface area contributed by atoms with Crippen molar-refractivity contribution in [3.05, 3.63) is 210 Å². The van der Waals surface area contributed by atoms with E-state index in [1.54, 1.807) is 0 Å². The Hall–Kier alpha value is -6.71. The maximum Gasteiger partial charge on any atom is 0.165 e. The standard InChI is InChI=1S/C48H31N3/c1-4-17-33(18-5-1)45-49-46(36-29-28-32-16-10-11-19-34(32)30-36)51-47(50-45)44-39-25-13-12-20-35(39)31-42-43(44)40-26-14-15-27-41(40)48(42,37-21-6-2-7-22-37)38-23-8-3-9-24-38/h1-31H. The summed E-state index contributed by atoms with van der Waals surface area (Å²) in [5.41, 5.74) is 9.64. The van der Waals surface area contributed by atoms with Gasteiger partial charge in [0.1, 0.15) is 0 Å². The Labute approximate surface area is 296 Å². The zero-order chi connectivity index (χ0) is 33.8. The van der Waals surface area contributed by atoms with Gasteiger partial charge in [-0.1, -0.05) is 176 Å². The van der Waals surface area contributed by atoms with Gasteiger partial charge in [0.25, 0.3) is 0 Å². The molecule has 3 heteroatoms. The fraction of sp³-hybridized carbons (Fsp3) is 0.0208. The Morgan fingerprint density at radius 1 is 0.333 bits per heavy atom. The van der Waals surface area contributed by atoms with Gasteiger partial charge in [-0.25, -0.2) is 15.0 Å². The number of benzene rings is 8. The minimum Gasteiger partial charge on any atom is -0.208 e. The molecule has 0 saturated carbocycles. The molecule has 1 heterocycles. The normalized spacial score (nSPS) is 12.9. The van der Waals surface area contributed by atoms with E-state index >= 15 is 0 Å². The van der Waals surface area contributed by atoms with E-state index in [2.05, 4.69) is 170 Å². The third-order valence-corrected chi connectivity index (χ3v) is 10.4. The molecule has 0 N–H and O–H groups in total. The van der Waals surface area contributed by atoms with Gasteiger partial charge in [0.05, 0.1) is 5.41 Å². The smallest absolute Gasteiger partial charge is 0.165 e. The summed E-state index contributed by atoms with van der Waals surface area (Å²) in [4.78, 5) is 15.8. The molecule has 1 aliphatic carbocycles. The lowest BCUT2D eigenvalue weighted by atomic mass is 9.67. The van der Waals surface area contributed by atoms with Gasteiger partial charge in [-0.3, -0.25) is 0 Å². The molecule has 9 aromatic rings. The molecule has 0 fully saturated rings. The van der Waals surface area contributed by atoms with E-state index in [4.69, 9.17) is 15.0 Å². The lowest BCUT2D eigenvalue weighted by Crippen LogP contribution is -2.28. The summed E-state index contributed by atoms with van der Waals surface area (Å²) in [5, 5.41) is 4.58. The number of hydrogen-bond acceptors (Lipinski definition) is 3. The van der Waals surface area contributed by atoms with Crippen LogP contribution in [0.15, 0.2) is 188 Å². The van der Waals surface area contributed by atoms with Crippen molar-refractivity contribution in [3.8, 4) is 45.3 Å². The maximum absolute atomic E-state index is 5.38. The lowest BCUT2D eigenvalue weighted by molar-refractivity contribution is 0.769. The Morgan fingerprint density at radius 2 is 0.882 bits per heavy atom. The van der Waals surface area contributed by atoms with Crippen LogP contribution in [0.3, 0.4) is 0 Å². The molecular weight excluding hydrogens is 619 g/mol. The molecular formula is C48H31N3. The van der Waals surface area contributed by atoms with Crippen LogP contribution in [-0.4, -0.2) is 15.0 Å². The molecule has 8 aromatic carbocycles. The molecule has 0 atom stereocenters. The third kappa shape index (κ3) is 4.56. The lowest BCUT2D eigenvalue weighted by Gasteiger charge is -2.34. The minimum atomic E-state index is -0.552. The van der Waals surface area contributed by atoms with Crippen LogP contribution in [-0.2, 0) is 5.41 Å². The zero-order valence-corrected chi connectivity index (χ0v) is 27.7. The maximum atomic E-state index is 5.38. The molecule has 0 saturated heterocycles. The molecule has 0 radical (unpaired) electrons. The minimum absolute atomic E-state index is 0.552. The predicted molar refractivity (Wildman–Crippen MR) is 208 cm³/mol. The third-order valence-electron chi connectivity index (χ3n) is 10.4. The second kappa shape index (κ2) is 11.7. The summed E-state index contributed by atoms with van der Waals surface area (Å²) >= 11 is 0. The first-order chi connectivity index (χ1) is 25.3. The van der Waals surface area contributed by atoms with Crippen LogP contribution in [0.5, 0.6) is 0 Å². The first-order valence-electron chi connectivity index (χ1n) is 17.4. The highest BCUT2D eigenvalue weighted by molar-refractivity contribution is 6.08. The van der Waals surface area contributed by atoms with E-state index in [0.717, 1.165) is 38.4 Å². The van der Waals surface area contributed by atoms with E-state index in [1.807, 2.05) is 18.2 Å². The van der Waals surface area contributed by atoms with Crippen LogP contribution in [0.4, 0.5) is 0 Å². The average Bonchev–Trinajstić information content (AvgIpc) is 3.51. The van der Waals surface area contributed by atoms with Crippen molar-refractivity contribution in [2.45, 2.75) is 5.41 Å². The highest BCUT2D eigenvalue weighted by Crippen LogP contribution is 2.59. The average molecular weight is 650 g/mol. The summed E-state index contributed by atoms with van der Waals surface area (Å²) in [6, 6.07) is 66.9. The number of aromatic nitrogens is 3. The first-order valence-corrected chi connectivity index (χ1v) is 17.4. The molecule has 10 rings (SSSR count). The summed E-state index contributed by atoms with van der Waals surface area (Å²) < 4.78 is 0. The van der Waals surface area contributed by atoms with Gasteiger partial charge in [0, 0.05) is 16.7 Å². The largest absolute Gasteiger partial charge is 0.208 e. The second-order valence-corrected chi connectivity index (χ2v) is 13.2. The van der Waals surface area contributed by atoms with E-state index < -0.39 is 5.41 Å². The van der Waals surface area contributed by atoms with Gasteiger partial charge in [-0.2, -0.15) is 0 Å². The number of nitrogens with zero attached hydrogens (tertiary/aromatic N) is 3. The zero-order valence-electron chi connectivity index (χ0n) is 27.7. The van der Waals surface area contributed by atoms with Gasteiger partial charge in [-0.05, 0) is 67.1 Å². The molecule has 0 spiro atoms. The quantitative estimate of drug-likeness (QED) is 0.186. The topological polar surface area (TPSA) is 38.7 Å². The van der Waals surface area contributed by atoms with Crippen LogP contribution in [0.2, 0.25) is 0 Å². The van der Waals surface area contributed by atoms with Crippen molar-refractivity contribution in [3.63, 3.8) is 0 Å². The molecule has 1 aromatic heterocycles. The molecule has 238 valence electrons.